The lowest BCUT2D eigenvalue weighted by molar-refractivity contribution is 0.102. The fourth-order valence-corrected chi connectivity index (χ4v) is 3.31. The number of thioether (sulfide) groups is 1. The second kappa shape index (κ2) is 6.29. The van der Waals surface area contributed by atoms with Crippen LogP contribution in [0.5, 0.6) is 0 Å². The minimum absolute atomic E-state index is 0.294. The largest absolute Gasteiger partial charge is 0.306 e. The Morgan fingerprint density at radius 1 is 1.55 bits per heavy atom. The van der Waals surface area contributed by atoms with Crippen LogP contribution in [0.1, 0.15) is 16.1 Å². The molecule has 0 aliphatic rings. The quantitative estimate of drug-likeness (QED) is 0.442. The predicted molar refractivity (Wildman–Crippen MR) is 88.7 cm³/mol. The van der Waals surface area contributed by atoms with Crippen LogP contribution in [0, 0.1) is 6.92 Å². The topological polar surface area (TPSA) is 72.2 Å². The van der Waals surface area contributed by atoms with Crippen molar-refractivity contribution in [1.29, 1.82) is 0 Å². The first-order valence-electron chi connectivity index (χ1n) is 6.49. The van der Waals surface area contributed by atoms with Crippen LogP contribution in [0.15, 0.2) is 41.5 Å². The fourth-order valence-electron chi connectivity index (χ4n) is 1.80. The van der Waals surface area contributed by atoms with Crippen molar-refractivity contribution in [3.63, 3.8) is 0 Å². The first-order valence-corrected chi connectivity index (χ1v) is 8.30. The number of pyridine rings is 1. The highest BCUT2D eigenvalue weighted by atomic mass is 32.2. The molecule has 8 heteroatoms. The zero-order chi connectivity index (χ0) is 15.5. The molecule has 112 valence electrons. The summed E-state index contributed by atoms with van der Waals surface area (Å²) in [5, 5.41) is 11.1. The van der Waals surface area contributed by atoms with Crippen LogP contribution in [-0.4, -0.2) is 31.2 Å². The number of aryl methyl sites for hydroxylation is 1. The van der Waals surface area contributed by atoms with Gasteiger partial charge < -0.3 is 4.40 Å². The van der Waals surface area contributed by atoms with Gasteiger partial charge in [0.1, 0.15) is 11.3 Å². The number of nitrogens with zero attached hydrogens (tertiary/aromatic N) is 4. The van der Waals surface area contributed by atoms with E-state index in [4.69, 9.17) is 0 Å². The molecule has 0 saturated heterocycles. The third-order valence-electron chi connectivity index (χ3n) is 2.80. The van der Waals surface area contributed by atoms with Gasteiger partial charge in [-0.3, -0.25) is 10.1 Å². The Labute approximate surface area is 135 Å². The van der Waals surface area contributed by atoms with E-state index in [1.165, 1.54) is 23.1 Å². The van der Waals surface area contributed by atoms with E-state index in [9.17, 15) is 4.79 Å². The van der Waals surface area contributed by atoms with Crippen molar-refractivity contribution in [2.24, 2.45) is 0 Å². The fraction of sp³-hybridized carbons (Fsp3) is 0.143. The number of amides is 1. The average Bonchev–Trinajstić information content (AvgIpc) is 3.11. The third-order valence-corrected chi connectivity index (χ3v) is 4.77. The van der Waals surface area contributed by atoms with E-state index in [1.807, 2.05) is 29.7 Å². The van der Waals surface area contributed by atoms with Gasteiger partial charge in [-0.05, 0) is 24.6 Å². The minimum atomic E-state index is -0.294. The maximum atomic E-state index is 12.2. The van der Waals surface area contributed by atoms with Gasteiger partial charge in [0.2, 0.25) is 5.13 Å². The van der Waals surface area contributed by atoms with E-state index in [0.29, 0.717) is 10.8 Å². The van der Waals surface area contributed by atoms with Gasteiger partial charge in [-0.25, -0.2) is 4.98 Å². The number of anilines is 1. The van der Waals surface area contributed by atoms with Crippen LogP contribution in [0.3, 0.4) is 0 Å². The average molecular weight is 331 g/mol. The number of hydrogen-bond donors (Lipinski definition) is 1. The molecule has 0 aliphatic carbocycles. The van der Waals surface area contributed by atoms with Crippen molar-refractivity contribution >= 4 is 39.8 Å². The summed E-state index contributed by atoms with van der Waals surface area (Å²) in [7, 11) is 0. The number of carbonyl (C=O) groups excluding carboxylic acids is 1. The van der Waals surface area contributed by atoms with Crippen LogP contribution >= 0.6 is 23.1 Å². The normalized spacial score (nSPS) is 10.8. The Balaban J connectivity index is 1.75. The minimum Gasteiger partial charge on any atom is -0.306 e. The summed E-state index contributed by atoms with van der Waals surface area (Å²) >= 11 is 2.86. The van der Waals surface area contributed by atoms with Crippen molar-refractivity contribution in [3.8, 4) is 0 Å². The third kappa shape index (κ3) is 3.18. The maximum Gasteiger partial charge on any atom is 0.277 e. The van der Waals surface area contributed by atoms with Crippen molar-refractivity contribution in [3.05, 3.63) is 48.4 Å². The number of carbonyl (C=O) groups is 1. The van der Waals surface area contributed by atoms with E-state index in [2.05, 4.69) is 27.1 Å². The summed E-state index contributed by atoms with van der Waals surface area (Å²) in [5.74, 6) is 0.465. The Bertz CT molecular complexity index is 839. The zero-order valence-electron chi connectivity index (χ0n) is 11.8. The zero-order valence-corrected chi connectivity index (χ0v) is 13.4. The van der Waals surface area contributed by atoms with Gasteiger partial charge in [0.25, 0.3) is 5.91 Å². The van der Waals surface area contributed by atoms with E-state index < -0.39 is 0 Å². The summed E-state index contributed by atoms with van der Waals surface area (Å²) in [6.45, 7) is 5.64. The van der Waals surface area contributed by atoms with Crippen molar-refractivity contribution < 1.29 is 4.79 Å². The van der Waals surface area contributed by atoms with E-state index >= 15 is 0 Å². The Kier molecular flexibility index (Phi) is 4.21. The molecule has 0 atom stereocenters. The molecule has 1 N–H and O–H groups in total. The molecule has 6 nitrogen and oxygen atoms in total. The Morgan fingerprint density at radius 3 is 3.23 bits per heavy atom. The summed E-state index contributed by atoms with van der Waals surface area (Å²) in [6.07, 6.45) is 5.37. The number of rotatable bonds is 5. The molecule has 0 bridgehead atoms. The van der Waals surface area contributed by atoms with Crippen LogP contribution in [0.4, 0.5) is 5.13 Å². The number of hydrogen-bond acceptors (Lipinski definition) is 6. The SMILES string of the molecule is C=CCSc1nnc(NC(=O)c2cn3ccc(C)cc3n2)s1. The van der Waals surface area contributed by atoms with Crippen LogP contribution in [-0.2, 0) is 0 Å². The number of imidazole rings is 1. The second-order valence-corrected chi connectivity index (χ2v) is 6.77. The highest BCUT2D eigenvalue weighted by Gasteiger charge is 2.13. The Morgan fingerprint density at radius 2 is 2.41 bits per heavy atom. The monoisotopic (exact) mass is 331 g/mol. The molecule has 0 aliphatic heterocycles. The summed E-state index contributed by atoms with van der Waals surface area (Å²) in [6, 6.07) is 3.88. The Hall–Kier alpha value is -2.19. The summed E-state index contributed by atoms with van der Waals surface area (Å²) in [4.78, 5) is 16.5. The van der Waals surface area contributed by atoms with Crippen LogP contribution in [0.25, 0.3) is 5.65 Å². The molecule has 0 fully saturated rings. The van der Waals surface area contributed by atoms with Gasteiger partial charge in [0, 0.05) is 18.1 Å². The van der Waals surface area contributed by atoms with Gasteiger partial charge in [-0.1, -0.05) is 29.2 Å². The van der Waals surface area contributed by atoms with E-state index in [-0.39, 0.29) is 5.91 Å². The number of aromatic nitrogens is 4. The molecule has 3 heterocycles. The first kappa shape index (κ1) is 14.7. The van der Waals surface area contributed by atoms with Gasteiger partial charge in [-0.2, -0.15) is 0 Å². The molecule has 3 aromatic heterocycles. The van der Waals surface area contributed by atoms with Crippen LogP contribution in [0.2, 0.25) is 0 Å². The van der Waals surface area contributed by atoms with Gasteiger partial charge >= 0.3 is 0 Å². The molecular weight excluding hydrogens is 318 g/mol. The molecule has 0 saturated carbocycles. The van der Waals surface area contributed by atoms with E-state index in [0.717, 1.165) is 21.3 Å². The molecule has 3 rings (SSSR count). The standard InChI is InChI=1S/C14H13N5OS2/c1-3-6-21-14-18-17-13(22-14)16-12(20)10-8-19-5-4-9(2)7-11(19)15-10/h3-5,7-8H,1,6H2,2H3,(H,16,17,20). The second-order valence-electron chi connectivity index (χ2n) is 4.52. The summed E-state index contributed by atoms with van der Waals surface area (Å²) in [5.41, 5.74) is 2.18. The lowest BCUT2D eigenvalue weighted by Gasteiger charge is -1.95. The number of fused-ring (bicyclic) bond motifs is 1. The van der Waals surface area contributed by atoms with Crippen LogP contribution < -0.4 is 5.32 Å². The van der Waals surface area contributed by atoms with Gasteiger partial charge in [0.05, 0.1) is 0 Å². The smallest absolute Gasteiger partial charge is 0.277 e. The molecule has 0 radical (unpaired) electrons. The van der Waals surface area contributed by atoms with Crippen molar-refractivity contribution in [2.45, 2.75) is 11.3 Å². The van der Waals surface area contributed by atoms with Crippen molar-refractivity contribution in [1.82, 2.24) is 19.6 Å². The highest BCUT2D eigenvalue weighted by molar-refractivity contribution is 8.01. The highest BCUT2D eigenvalue weighted by Crippen LogP contribution is 2.25. The molecule has 0 spiro atoms. The molecule has 22 heavy (non-hydrogen) atoms. The number of nitrogens with one attached hydrogen (secondary N) is 1. The molecular formula is C14H13N5OS2. The van der Waals surface area contributed by atoms with E-state index in [1.54, 1.807) is 12.3 Å². The molecule has 1 amide bonds. The predicted octanol–water partition coefficient (Wildman–Crippen LogP) is 3.02. The molecule has 0 aromatic carbocycles. The van der Waals surface area contributed by atoms with Gasteiger partial charge in [0.15, 0.2) is 4.34 Å². The van der Waals surface area contributed by atoms with Crippen molar-refractivity contribution in [2.75, 3.05) is 11.1 Å². The molecule has 0 unspecified atom stereocenters. The summed E-state index contributed by atoms with van der Waals surface area (Å²) < 4.78 is 2.61. The lowest BCUT2D eigenvalue weighted by atomic mass is 10.3. The maximum absolute atomic E-state index is 12.2. The van der Waals surface area contributed by atoms with Gasteiger partial charge in [-0.15, -0.1) is 16.8 Å². The lowest BCUT2D eigenvalue weighted by Crippen LogP contribution is -2.12. The first-order chi connectivity index (χ1) is 10.7. The molecule has 3 aromatic rings.